The number of nitrogens with zero attached hydrogens (tertiary/aromatic N) is 1. The van der Waals surface area contributed by atoms with Gasteiger partial charge in [-0.1, -0.05) is 0 Å². The Morgan fingerprint density at radius 2 is 2.04 bits per heavy atom. The molecular weight excluding hydrogens is 398 g/mol. The molecule has 1 amide bonds. The molecule has 0 aromatic carbocycles. The molecule has 2 N–H and O–H groups in total. The van der Waals surface area contributed by atoms with Gasteiger partial charge in [-0.25, -0.2) is 13.1 Å². The van der Waals surface area contributed by atoms with Gasteiger partial charge in [0.05, 0.1) is 5.75 Å². The Morgan fingerprint density at radius 3 is 2.58 bits per heavy atom. The maximum atomic E-state index is 12.1. The zero-order chi connectivity index (χ0) is 17.7. The first-order valence-corrected chi connectivity index (χ1v) is 10.5. The van der Waals surface area contributed by atoms with Crippen molar-refractivity contribution >= 4 is 31.9 Å². The molecule has 0 atom stereocenters. The minimum atomic E-state index is -3.41. The van der Waals surface area contributed by atoms with Crippen LogP contribution in [0.25, 0.3) is 0 Å². The third kappa shape index (κ3) is 5.87. The molecule has 24 heavy (non-hydrogen) atoms. The van der Waals surface area contributed by atoms with Crippen molar-refractivity contribution in [1.29, 1.82) is 0 Å². The van der Waals surface area contributed by atoms with Gasteiger partial charge in [-0.15, -0.1) is 0 Å². The third-order valence-electron chi connectivity index (χ3n) is 4.06. The highest BCUT2D eigenvalue weighted by atomic mass is 79.9. The van der Waals surface area contributed by atoms with Gasteiger partial charge in [-0.05, 0) is 67.8 Å². The highest BCUT2D eigenvalue weighted by Crippen LogP contribution is 2.14. The summed E-state index contributed by atoms with van der Waals surface area (Å²) < 4.78 is 32.6. The summed E-state index contributed by atoms with van der Waals surface area (Å²) in [6, 6.07) is 3.59. The van der Waals surface area contributed by atoms with Crippen LogP contribution in [-0.2, 0) is 10.0 Å². The number of hydrogen-bond donors (Lipinski definition) is 2. The van der Waals surface area contributed by atoms with Gasteiger partial charge in [0.15, 0.2) is 10.4 Å². The van der Waals surface area contributed by atoms with Crippen LogP contribution in [0.1, 0.15) is 37.2 Å². The van der Waals surface area contributed by atoms with Gasteiger partial charge in [-0.2, -0.15) is 0 Å². The lowest BCUT2D eigenvalue weighted by molar-refractivity contribution is 0.0927. The summed E-state index contributed by atoms with van der Waals surface area (Å²) in [6.07, 6.45) is 1.62. The van der Waals surface area contributed by atoms with E-state index < -0.39 is 15.9 Å². The Labute approximate surface area is 151 Å². The molecule has 1 aliphatic heterocycles. The first-order chi connectivity index (χ1) is 11.3. The maximum Gasteiger partial charge on any atom is 0.287 e. The summed E-state index contributed by atoms with van der Waals surface area (Å²) in [7, 11) is -3.41. The Bertz CT molecular complexity index is 651. The minimum absolute atomic E-state index is 0.0262. The molecule has 2 heterocycles. The van der Waals surface area contributed by atoms with Crippen LogP contribution in [0.4, 0.5) is 0 Å². The van der Waals surface area contributed by atoms with E-state index in [2.05, 4.69) is 44.7 Å². The molecule has 1 aromatic rings. The summed E-state index contributed by atoms with van der Waals surface area (Å²) in [5.41, 5.74) is 0. The first kappa shape index (κ1) is 19.4. The number of amides is 1. The highest BCUT2D eigenvalue weighted by Gasteiger charge is 2.24. The zero-order valence-corrected chi connectivity index (χ0v) is 16.3. The van der Waals surface area contributed by atoms with E-state index in [1.807, 2.05) is 0 Å². The second-order valence-electron chi connectivity index (χ2n) is 6.20. The van der Waals surface area contributed by atoms with Gasteiger partial charge in [0, 0.05) is 18.6 Å². The van der Waals surface area contributed by atoms with Crippen molar-refractivity contribution in [2.75, 3.05) is 25.4 Å². The van der Waals surface area contributed by atoms with Crippen molar-refractivity contribution in [2.24, 2.45) is 0 Å². The van der Waals surface area contributed by atoms with Crippen LogP contribution < -0.4 is 10.0 Å². The number of halogens is 1. The number of sulfonamides is 1. The number of carbonyl (C=O) groups is 1. The first-order valence-electron chi connectivity index (χ1n) is 8.04. The number of piperidine rings is 1. The van der Waals surface area contributed by atoms with Gasteiger partial charge in [0.2, 0.25) is 10.0 Å². The zero-order valence-electron chi connectivity index (χ0n) is 13.9. The molecule has 1 saturated heterocycles. The summed E-state index contributed by atoms with van der Waals surface area (Å²) >= 11 is 3.11. The monoisotopic (exact) mass is 421 g/mol. The summed E-state index contributed by atoms with van der Waals surface area (Å²) in [4.78, 5) is 14.1. The molecule has 0 spiro atoms. The van der Waals surface area contributed by atoms with E-state index in [0.717, 1.165) is 25.9 Å². The van der Waals surface area contributed by atoms with E-state index in [4.69, 9.17) is 4.42 Å². The predicted octanol–water partition coefficient (Wildman–Crippen LogP) is 1.56. The number of furan rings is 1. The van der Waals surface area contributed by atoms with Gasteiger partial charge in [-0.3, -0.25) is 4.79 Å². The molecule has 7 nitrogen and oxygen atoms in total. The SMILES string of the molecule is CC(C)N1CCC(NS(=O)(=O)CCNC(=O)c2ccc(Br)o2)CC1. The molecule has 0 bridgehead atoms. The lowest BCUT2D eigenvalue weighted by atomic mass is 10.1. The van der Waals surface area contributed by atoms with Crippen LogP contribution in [0, 0.1) is 0 Å². The largest absolute Gasteiger partial charge is 0.444 e. The minimum Gasteiger partial charge on any atom is -0.444 e. The topological polar surface area (TPSA) is 91.7 Å². The summed E-state index contributed by atoms with van der Waals surface area (Å²) in [5.74, 6) is -0.431. The quantitative estimate of drug-likeness (QED) is 0.696. The summed E-state index contributed by atoms with van der Waals surface area (Å²) in [6.45, 7) is 6.12. The molecule has 1 fully saturated rings. The Morgan fingerprint density at radius 1 is 1.38 bits per heavy atom. The molecule has 0 unspecified atom stereocenters. The summed E-state index contributed by atoms with van der Waals surface area (Å²) in [5, 5.41) is 2.55. The van der Waals surface area contributed by atoms with E-state index in [1.165, 1.54) is 6.07 Å². The van der Waals surface area contributed by atoms with Crippen molar-refractivity contribution in [1.82, 2.24) is 14.9 Å². The van der Waals surface area contributed by atoms with Gasteiger partial charge in [0.1, 0.15) is 0 Å². The number of rotatable bonds is 7. The van der Waals surface area contributed by atoms with Crippen LogP contribution in [0.3, 0.4) is 0 Å². The van der Waals surface area contributed by atoms with Gasteiger partial charge >= 0.3 is 0 Å². The van der Waals surface area contributed by atoms with Crippen molar-refractivity contribution in [3.63, 3.8) is 0 Å². The third-order valence-corrected chi connectivity index (χ3v) is 5.92. The lowest BCUT2D eigenvalue weighted by Crippen LogP contribution is -2.47. The van der Waals surface area contributed by atoms with E-state index in [0.29, 0.717) is 10.7 Å². The second-order valence-corrected chi connectivity index (χ2v) is 8.86. The number of nitrogens with one attached hydrogen (secondary N) is 2. The fourth-order valence-corrected chi connectivity index (χ4v) is 4.21. The van der Waals surface area contributed by atoms with Crippen LogP contribution in [-0.4, -0.2) is 56.7 Å². The molecule has 2 rings (SSSR count). The van der Waals surface area contributed by atoms with Crippen LogP contribution in [0.2, 0.25) is 0 Å². The molecule has 0 aliphatic carbocycles. The van der Waals surface area contributed by atoms with E-state index in [-0.39, 0.29) is 24.1 Å². The predicted molar refractivity (Wildman–Crippen MR) is 95.4 cm³/mol. The normalized spacial score (nSPS) is 17.3. The van der Waals surface area contributed by atoms with Gasteiger partial charge < -0.3 is 14.6 Å². The second kappa shape index (κ2) is 8.46. The molecule has 1 aromatic heterocycles. The lowest BCUT2D eigenvalue weighted by Gasteiger charge is -2.34. The molecule has 1 aliphatic rings. The molecule has 136 valence electrons. The Kier molecular flexibility index (Phi) is 6.85. The Balaban J connectivity index is 1.73. The van der Waals surface area contributed by atoms with Crippen LogP contribution in [0.15, 0.2) is 21.2 Å². The fourth-order valence-electron chi connectivity index (χ4n) is 2.67. The van der Waals surface area contributed by atoms with Crippen LogP contribution in [0.5, 0.6) is 0 Å². The Hall–Kier alpha value is -0.900. The van der Waals surface area contributed by atoms with E-state index >= 15 is 0 Å². The smallest absolute Gasteiger partial charge is 0.287 e. The molecule has 0 radical (unpaired) electrons. The number of likely N-dealkylation sites (tertiary alicyclic amines) is 1. The fraction of sp³-hybridized carbons (Fsp3) is 0.667. The van der Waals surface area contributed by atoms with Crippen molar-refractivity contribution in [2.45, 2.75) is 38.8 Å². The number of hydrogen-bond acceptors (Lipinski definition) is 5. The molecule has 0 saturated carbocycles. The van der Waals surface area contributed by atoms with Gasteiger partial charge in [0.25, 0.3) is 5.91 Å². The average molecular weight is 422 g/mol. The van der Waals surface area contributed by atoms with E-state index in [1.54, 1.807) is 6.07 Å². The molecular formula is C15H24BrN3O4S. The van der Waals surface area contributed by atoms with Crippen molar-refractivity contribution in [3.05, 3.63) is 22.6 Å². The van der Waals surface area contributed by atoms with E-state index in [9.17, 15) is 13.2 Å². The highest BCUT2D eigenvalue weighted by molar-refractivity contribution is 9.10. The standard InChI is InChI=1S/C15H24BrN3O4S/c1-11(2)19-8-5-12(6-9-19)18-24(21,22)10-7-17-15(20)13-3-4-14(16)23-13/h3-4,11-12,18H,5-10H2,1-2H3,(H,17,20). The maximum absolute atomic E-state index is 12.1. The average Bonchev–Trinajstić information content (AvgIpc) is 2.93. The molecule has 9 heteroatoms. The van der Waals surface area contributed by atoms with Crippen molar-refractivity contribution in [3.8, 4) is 0 Å². The van der Waals surface area contributed by atoms with Crippen molar-refractivity contribution < 1.29 is 17.6 Å². The van der Waals surface area contributed by atoms with Crippen LogP contribution >= 0.6 is 15.9 Å². The number of carbonyl (C=O) groups excluding carboxylic acids is 1.